The maximum atomic E-state index is 11.3. The van der Waals surface area contributed by atoms with E-state index in [0.717, 1.165) is 0 Å². The Labute approximate surface area is 92.9 Å². The number of nitrogens with zero attached hydrogens (tertiary/aromatic N) is 1. The maximum Gasteiger partial charge on any atom is 0.354 e. The Balaban J connectivity index is 3.04. The van der Waals surface area contributed by atoms with Crippen molar-refractivity contribution >= 4 is 11.9 Å². The fourth-order valence-electron chi connectivity index (χ4n) is 1.40. The van der Waals surface area contributed by atoms with Gasteiger partial charge in [-0.15, -0.1) is 0 Å². The first-order chi connectivity index (χ1) is 7.52. The minimum atomic E-state index is -0.909. The minimum Gasteiger partial charge on any atom is -0.468 e. The van der Waals surface area contributed by atoms with Gasteiger partial charge in [0.15, 0.2) is 0 Å². The van der Waals surface area contributed by atoms with Crippen molar-refractivity contribution in [3.8, 4) is 0 Å². The van der Waals surface area contributed by atoms with Crippen LogP contribution in [-0.2, 0) is 21.3 Å². The second kappa shape index (κ2) is 4.80. The number of methoxy groups -OCH3 is 2. The number of ether oxygens (including phenoxy) is 2. The highest BCUT2D eigenvalue weighted by Gasteiger charge is 2.22. The molecule has 1 aromatic rings. The highest BCUT2D eigenvalue weighted by Crippen LogP contribution is 2.15. The van der Waals surface area contributed by atoms with Gasteiger partial charge in [0.05, 0.1) is 14.2 Å². The fraction of sp³-hybridized carbons (Fsp3) is 0.400. The van der Waals surface area contributed by atoms with Crippen LogP contribution in [0.1, 0.15) is 22.2 Å². The van der Waals surface area contributed by atoms with E-state index in [1.165, 1.54) is 18.8 Å². The van der Waals surface area contributed by atoms with E-state index in [1.54, 1.807) is 19.2 Å². The Hall–Kier alpha value is -1.82. The number of nitrogens with two attached hydrogens (primary N) is 1. The number of hydrogen-bond donors (Lipinski definition) is 1. The van der Waals surface area contributed by atoms with E-state index in [2.05, 4.69) is 9.47 Å². The molecule has 0 fully saturated rings. The molecular formula is C10H14N2O4. The third-order valence-electron chi connectivity index (χ3n) is 2.33. The van der Waals surface area contributed by atoms with Crippen molar-refractivity contribution in [3.63, 3.8) is 0 Å². The first kappa shape index (κ1) is 12.3. The van der Waals surface area contributed by atoms with E-state index in [0.29, 0.717) is 11.4 Å². The monoisotopic (exact) mass is 226 g/mol. The molecule has 1 rings (SSSR count). The smallest absolute Gasteiger partial charge is 0.354 e. The van der Waals surface area contributed by atoms with Gasteiger partial charge in [-0.25, -0.2) is 9.59 Å². The molecule has 1 unspecified atom stereocenters. The molecule has 0 spiro atoms. The molecule has 0 aromatic carbocycles. The summed E-state index contributed by atoms with van der Waals surface area (Å²) in [5.74, 6) is -1.04. The Kier molecular flexibility index (Phi) is 3.68. The molecule has 1 atom stereocenters. The molecule has 0 aliphatic carbocycles. The summed E-state index contributed by atoms with van der Waals surface area (Å²) in [5, 5.41) is 0. The van der Waals surface area contributed by atoms with Gasteiger partial charge in [0.1, 0.15) is 11.7 Å². The SMILES string of the molecule is COC(=O)c1ccc(C(N)C(=O)OC)n1C. The van der Waals surface area contributed by atoms with Gasteiger partial charge >= 0.3 is 11.9 Å². The molecule has 0 aliphatic heterocycles. The van der Waals surface area contributed by atoms with Crippen LogP contribution in [0, 0.1) is 0 Å². The number of hydrogen-bond acceptors (Lipinski definition) is 5. The van der Waals surface area contributed by atoms with Crippen molar-refractivity contribution in [2.24, 2.45) is 12.8 Å². The maximum absolute atomic E-state index is 11.3. The van der Waals surface area contributed by atoms with E-state index >= 15 is 0 Å². The number of esters is 2. The molecule has 2 N–H and O–H groups in total. The van der Waals surface area contributed by atoms with Crippen molar-refractivity contribution in [1.82, 2.24) is 4.57 Å². The molecular weight excluding hydrogens is 212 g/mol. The van der Waals surface area contributed by atoms with Gasteiger partial charge in [-0.3, -0.25) is 0 Å². The summed E-state index contributed by atoms with van der Waals surface area (Å²) in [5.41, 5.74) is 6.48. The first-order valence-corrected chi connectivity index (χ1v) is 4.60. The number of aromatic nitrogens is 1. The Bertz CT molecular complexity index is 411. The molecule has 6 heteroatoms. The van der Waals surface area contributed by atoms with Crippen molar-refractivity contribution in [2.75, 3.05) is 14.2 Å². The van der Waals surface area contributed by atoms with E-state index in [4.69, 9.17) is 5.73 Å². The van der Waals surface area contributed by atoms with Crippen LogP contribution in [0.2, 0.25) is 0 Å². The molecule has 0 saturated heterocycles. The lowest BCUT2D eigenvalue weighted by Gasteiger charge is -2.11. The third kappa shape index (κ3) is 2.06. The standard InChI is InChI=1S/C10H14N2O4/c1-12-6(8(11)10(14)16-3)4-5-7(12)9(13)15-2/h4-5,8H,11H2,1-3H3. The van der Waals surface area contributed by atoms with Crippen molar-refractivity contribution < 1.29 is 19.1 Å². The summed E-state index contributed by atoms with van der Waals surface area (Å²) in [6.07, 6.45) is 0. The van der Waals surface area contributed by atoms with Gasteiger partial charge in [0.2, 0.25) is 0 Å². The van der Waals surface area contributed by atoms with Gasteiger partial charge in [-0.2, -0.15) is 0 Å². The summed E-state index contributed by atoms with van der Waals surface area (Å²) in [7, 11) is 4.17. The topological polar surface area (TPSA) is 83.6 Å². The van der Waals surface area contributed by atoms with E-state index in [-0.39, 0.29) is 0 Å². The summed E-state index contributed by atoms with van der Waals surface area (Å²) in [6, 6.07) is 2.23. The van der Waals surface area contributed by atoms with Crippen LogP contribution in [0.5, 0.6) is 0 Å². The number of rotatable bonds is 3. The van der Waals surface area contributed by atoms with Crippen LogP contribution < -0.4 is 5.73 Å². The van der Waals surface area contributed by atoms with Gasteiger partial charge < -0.3 is 19.8 Å². The number of carbonyl (C=O) groups excluding carboxylic acids is 2. The Morgan fingerprint density at radius 3 is 2.44 bits per heavy atom. The normalized spacial score (nSPS) is 12.0. The Morgan fingerprint density at radius 1 is 1.31 bits per heavy atom. The van der Waals surface area contributed by atoms with E-state index < -0.39 is 18.0 Å². The van der Waals surface area contributed by atoms with Gasteiger partial charge in [-0.1, -0.05) is 0 Å². The first-order valence-electron chi connectivity index (χ1n) is 4.60. The quantitative estimate of drug-likeness (QED) is 0.732. The molecule has 0 aliphatic rings. The van der Waals surface area contributed by atoms with Crippen molar-refractivity contribution in [2.45, 2.75) is 6.04 Å². The summed E-state index contributed by atoms with van der Waals surface area (Å²) in [6.45, 7) is 0. The molecule has 6 nitrogen and oxygen atoms in total. The lowest BCUT2D eigenvalue weighted by Crippen LogP contribution is -2.25. The van der Waals surface area contributed by atoms with Gasteiger partial charge in [0, 0.05) is 12.7 Å². The highest BCUT2D eigenvalue weighted by atomic mass is 16.5. The highest BCUT2D eigenvalue weighted by molar-refractivity contribution is 5.88. The zero-order chi connectivity index (χ0) is 12.3. The predicted octanol–water partition coefficient (Wildman–Crippen LogP) is -0.0155. The molecule has 0 radical (unpaired) electrons. The second-order valence-corrected chi connectivity index (χ2v) is 3.19. The fourth-order valence-corrected chi connectivity index (χ4v) is 1.40. The second-order valence-electron chi connectivity index (χ2n) is 3.19. The lowest BCUT2D eigenvalue weighted by atomic mass is 10.2. The third-order valence-corrected chi connectivity index (χ3v) is 2.33. The van der Waals surface area contributed by atoms with Gasteiger partial charge in [0.25, 0.3) is 0 Å². The van der Waals surface area contributed by atoms with Crippen molar-refractivity contribution in [1.29, 1.82) is 0 Å². The van der Waals surface area contributed by atoms with Gasteiger partial charge in [-0.05, 0) is 12.1 Å². The molecule has 0 saturated carbocycles. The van der Waals surface area contributed by atoms with Crippen LogP contribution in [0.15, 0.2) is 12.1 Å². The molecule has 0 bridgehead atoms. The average Bonchev–Trinajstić information content (AvgIpc) is 2.68. The molecule has 1 heterocycles. The summed E-state index contributed by atoms with van der Waals surface area (Å²) < 4.78 is 10.6. The average molecular weight is 226 g/mol. The molecule has 16 heavy (non-hydrogen) atoms. The number of carbonyl (C=O) groups is 2. The zero-order valence-electron chi connectivity index (χ0n) is 9.39. The van der Waals surface area contributed by atoms with Crippen LogP contribution in [0.4, 0.5) is 0 Å². The van der Waals surface area contributed by atoms with Crippen LogP contribution in [-0.4, -0.2) is 30.7 Å². The zero-order valence-corrected chi connectivity index (χ0v) is 9.39. The molecule has 88 valence electrons. The summed E-state index contributed by atoms with van der Waals surface area (Å²) >= 11 is 0. The summed E-state index contributed by atoms with van der Waals surface area (Å²) in [4.78, 5) is 22.5. The van der Waals surface area contributed by atoms with Crippen LogP contribution in [0.3, 0.4) is 0 Å². The molecule has 0 amide bonds. The Morgan fingerprint density at radius 2 is 1.94 bits per heavy atom. The van der Waals surface area contributed by atoms with Crippen LogP contribution in [0.25, 0.3) is 0 Å². The van der Waals surface area contributed by atoms with E-state index in [1.807, 2.05) is 0 Å². The lowest BCUT2D eigenvalue weighted by molar-refractivity contribution is -0.142. The predicted molar refractivity (Wildman–Crippen MR) is 55.7 cm³/mol. The largest absolute Gasteiger partial charge is 0.468 e. The van der Waals surface area contributed by atoms with E-state index in [9.17, 15) is 9.59 Å². The van der Waals surface area contributed by atoms with Crippen LogP contribution >= 0.6 is 0 Å². The van der Waals surface area contributed by atoms with Crippen molar-refractivity contribution in [3.05, 3.63) is 23.5 Å². The molecule has 1 aromatic heterocycles. The minimum absolute atomic E-state index is 0.330.